The van der Waals surface area contributed by atoms with Gasteiger partial charge in [0.1, 0.15) is 5.75 Å². The van der Waals surface area contributed by atoms with Crippen LogP contribution in [0.5, 0.6) is 5.75 Å². The molecule has 0 aromatic heterocycles. The topological polar surface area (TPSA) is 35.2 Å². The monoisotopic (exact) mass is 205 g/mol. The first-order valence-electron chi connectivity index (χ1n) is 3.98. The lowest BCUT2D eigenvalue weighted by Crippen LogP contribution is -2.19. The van der Waals surface area contributed by atoms with Crippen molar-refractivity contribution in [2.75, 3.05) is 0 Å². The van der Waals surface area contributed by atoms with Crippen LogP contribution in [0.15, 0.2) is 18.2 Å². The highest BCUT2D eigenvalue weighted by Crippen LogP contribution is 2.27. The molecule has 0 atom stereocenters. The molecule has 0 spiro atoms. The maximum Gasteiger partial charge on any atom is 0.573 e. The molecule has 0 aliphatic carbocycles. The molecule has 0 heterocycles. The molecule has 0 unspecified atom stereocenters. The van der Waals surface area contributed by atoms with E-state index in [1.165, 1.54) is 12.1 Å². The van der Waals surface area contributed by atoms with Gasteiger partial charge in [-0.2, -0.15) is 0 Å². The standard InChI is InChI=1S/C9H10F3NO/c1-6-3-2-4-8(7(6)5-13)14-9(10,11)12/h2-4H,5,13H2,1H3. The van der Waals surface area contributed by atoms with Crippen LogP contribution in [0.4, 0.5) is 13.2 Å². The third-order valence-electron chi connectivity index (χ3n) is 1.80. The minimum Gasteiger partial charge on any atom is -0.405 e. The van der Waals surface area contributed by atoms with E-state index in [2.05, 4.69) is 4.74 Å². The largest absolute Gasteiger partial charge is 0.573 e. The van der Waals surface area contributed by atoms with Crippen LogP contribution in [0.3, 0.4) is 0 Å². The minimum atomic E-state index is -4.67. The van der Waals surface area contributed by atoms with Crippen LogP contribution in [0.1, 0.15) is 11.1 Å². The number of hydrogen-bond acceptors (Lipinski definition) is 2. The van der Waals surface area contributed by atoms with Gasteiger partial charge in [-0.1, -0.05) is 12.1 Å². The number of rotatable bonds is 2. The third kappa shape index (κ3) is 2.63. The number of alkyl halides is 3. The second-order valence-electron chi connectivity index (χ2n) is 2.80. The van der Waals surface area contributed by atoms with Gasteiger partial charge in [-0.3, -0.25) is 0 Å². The van der Waals surface area contributed by atoms with Gasteiger partial charge in [-0.25, -0.2) is 0 Å². The molecule has 0 aliphatic rings. The summed E-state index contributed by atoms with van der Waals surface area (Å²) in [6, 6.07) is 4.43. The molecule has 0 radical (unpaired) electrons. The number of aryl methyl sites for hydroxylation is 1. The highest BCUT2D eigenvalue weighted by Gasteiger charge is 2.32. The molecule has 1 aromatic rings. The molecular formula is C9H10F3NO. The first-order valence-corrected chi connectivity index (χ1v) is 3.98. The third-order valence-corrected chi connectivity index (χ3v) is 1.80. The summed E-state index contributed by atoms with van der Waals surface area (Å²) >= 11 is 0. The van der Waals surface area contributed by atoms with Crippen molar-refractivity contribution in [1.82, 2.24) is 0 Å². The van der Waals surface area contributed by atoms with E-state index >= 15 is 0 Å². The smallest absolute Gasteiger partial charge is 0.405 e. The molecule has 14 heavy (non-hydrogen) atoms. The van der Waals surface area contributed by atoms with E-state index < -0.39 is 6.36 Å². The Kier molecular flexibility index (Phi) is 3.00. The Morgan fingerprint density at radius 2 is 2.00 bits per heavy atom. The summed E-state index contributed by atoms with van der Waals surface area (Å²) in [5.74, 6) is -0.222. The van der Waals surface area contributed by atoms with Crippen LogP contribution in [0, 0.1) is 6.92 Å². The summed E-state index contributed by atoms with van der Waals surface area (Å²) < 4.78 is 39.6. The quantitative estimate of drug-likeness (QED) is 0.804. The molecule has 5 heteroatoms. The van der Waals surface area contributed by atoms with Gasteiger partial charge < -0.3 is 10.5 Å². The fraction of sp³-hybridized carbons (Fsp3) is 0.333. The van der Waals surface area contributed by atoms with E-state index in [9.17, 15) is 13.2 Å². The Balaban J connectivity index is 3.02. The first kappa shape index (κ1) is 10.8. The van der Waals surface area contributed by atoms with Gasteiger partial charge in [0.25, 0.3) is 0 Å². The van der Waals surface area contributed by atoms with Crippen molar-refractivity contribution in [2.45, 2.75) is 19.8 Å². The van der Waals surface area contributed by atoms with Gasteiger partial charge in [-0.05, 0) is 18.6 Å². The Morgan fingerprint density at radius 3 is 2.50 bits per heavy atom. The van der Waals surface area contributed by atoms with Crippen molar-refractivity contribution < 1.29 is 17.9 Å². The molecule has 0 saturated carbocycles. The average molecular weight is 205 g/mol. The van der Waals surface area contributed by atoms with Crippen molar-refractivity contribution in [3.63, 3.8) is 0 Å². The number of benzene rings is 1. The lowest BCUT2D eigenvalue weighted by molar-refractivity contribution is -0.274. The van der Waals surface area contributed by atoms with Gasteiger partial charge >= 0.3 is 6.36 Å². The molecule has 1 rings (SSSR count). The molecular weight excluding hydrogens is 195 g/mol. The fourth-order valence-corrected chi connectivity index (χ4v) is 1.16. The Bertz CT molecular complexity index is 322. The van der Waals surface area contributed by atoms with E-state index in [0.717, 1.165) is 0 Å². The van der Waals surface area contributed by atoms with Crippen LogP contribution < -0.4 is 10.5 Å². The van der Waals surface area contributed by atoms with Gasteiger partial charge in [0.2, 0.25) is 0 Å². The molecule has 0 amide bonds. The molecule has 78 valence electrons. The minimum absolute atomic E-state index is 0.0259. The van der Waals surface area contributed by atoms with Crippen LogP contribution in [-0.4, -0.2) is 6.36 Å². The van der Waals surface area contributed by atoms with Gasteiger partial charge in [-0.15, -0.1) is 13.2 Å². The molecule has 0 saturated heterocycles. The second kappa shape index (κ2) is 3.88. The summed E-state index contributed by atoms with van der Waals surface area (Å²) in [5.41, 5.74) is 6.39. The maximum atomic E-state index is 11.9. The predicted molar refractivity (Wildman–Crippen MR) is 45.8 cm³/mol. The Hall–Kier alpha value is -1.23. The van der Waals surface area contributed by atoms with Crippen LogP contribution in [0.2, 0.25) is 0 Å². The summed E-state index contributed by atoms with van der Waals surface area (Å²) in [4.78, 5) is 0. The molecule has 2 N–H and O–H groups in total. The van der Waals surface area contributed by atoms with Crippen LogP contribution in [0.25, 0.3) is 0 Å². The lowest BCUT2D eigenvalue weighted by Gasteiger charge is -2.13. The summed E-state index contributed by atoms with van der Waals surface area (Å²) in [5, 5.41) is 0. The van der Waals surface area contributed by atoms with Crippen molar-refractivity contribution in [1.29, 1.82) is 0 Å². The zero-order chi connectivity index (χ0) is 10.8. The van der Waals surface area contributed by atoms with E-state index in [-0.39, 0.29) is 12.3 Å². The second-order valence-corrected chi connectivity index (χ2v) is 2.80. The van der Waals surface area contributed by atoms with Crippen molar-refractivity contribution in [3.8, 4) is 5.75 Å². The molecule has 1 aromatic carbocycles. The molecule has 0 aliphatic heterocycles. The lowest BCUT2D eigenvalue weighted by atomic mass is 10.1. The normalized spacial score (nSPS) is 11.5. The van der Waals surface area contributed by atoms with Crippen molar-refractivity contribution >= 4 is 0 Å². The van der Waals surface area contributed by atoms with Crippen LogP contribution in [-0.2, 0) is 6.54 Å². The number of hydrogen-bond donors (Lipinski definition) is 1. The fourth-order valence-electron chi connectivity index (χ4n) is 1.16. The Labute approximate surface area is 79.5 Å². The highest BCUT2D eigenvalue weighted by molar-refractivity contribution is 5.39. The summed E-state index contributed by atoms with van der Waals surface area (Å²) in [6.07, 6.45) is -4.67. The maximum absolute atomic E-state index is 11.9. The Morgan fingerprint density at radius 1 is 1.36 bits per heavy atom. The number of halogens is 3. The summed E-state index contributed by atoms with van der Waals surface area (Å²) in [6.45, 7) is 1.71. The number of nitrogens with two attached hydrogens (primary N) is 1. The van der Waals surface area contributed by atoms with Gasteiger partial charge in [0.15, 0.2) is 0 Å². The van der Waals surface area contributed by atoms with Crippen molar-refractivity contribution in [2.24, 2.45) is 5.73 Å². The SMILES string of the molecule is Cc1cccc(OC(F)(F)F)c1CN. The average Bonchev–Trinajstić information content (AvgIpc) is 2.01. The van der Waals surface area contributed by atoms with E-state index in [0.29, 0.717) is 11.1 Å². The van der Waals surface area contributed by atoms with Crippen LogP contribution >= 0.6 is 0 Å². The molecule has 2 nitrogen and oxygen atoms in total. The predicted octanol–water partition coefficient (Wildman–Crippen LogP) is 2.35. The molecule has 0 fully saturated rings. The first-order chi connectivity index (χ1) is 6.44. The zero-order valence-corrected chi connectivity index (χ0v) is 7.56. The van der Waals surface area contributed by atoms with Gasteiger partial charge in [0.05, 0.1) is 0 Å². The molecule has 0 bridgehead atoms. The van der Waals surface area contributed by atoms with E-state index in [1.807, 2.05) is 0 Å². The van der Waals surface area contributed by atoms with E-state index in [1.54, 1.807) is 13.0 Å². The van der Waals surface area contributed by atoms with E-state index in [4.69, 9.17) is 5.73 Å². The van der Waals surface area contributed by atoms with Crippen molar-refractivity contribution in [3.05, 3.63) is 29.3 Å². The highest BCUT2D eigenvalue weighted by atomic mass is 19.4. The number of ether oxygens (including phenoxy) is 1. The summed E-state index contributed by atoms with van der Waals surface area (Å²) in [7, 11) is 0. The zero-order valence-electron chi connectivity index (χ0n) is 7.56. The van der Waals surface area contributed by atoms with Gasteiger partial charge in [0, 0.05) is 12.1 Å².